The van der Waals surface area contributed by atoms with E-state index in [1.807, 2.05) is 0 Å². The molecule has 0 aromatic rings. The van der Waals surface area contributed by atoms with Gasteiger partial charge in [-0.1, -0.05) is 0 Å². The van der Waals surface area contributed by atoms with Crippen LogP contribution in [0.2, 0.25) is 0 Å². The van der Waals surface area contributed by atoms with Gasteiger partial charge in [0.25, 0.3) is 0 Å². The van der Waals surface area contributed by atoms with Crippen LogP contribution in [0.15, 0.2) is 0 Å². The Bertz CT molecular complexity index is 342. The lowest BCUT2D eigenvalue weighted by molar-refractivity contribution is -0.183. The van der Waals surface area contributed by atoms with Crippen LogP contribution in [0.1, 0.15) is 19.8 Å². The molecule has 9 heteroatoms. The quantitative estimate of drug-likeness (QED) is 0.829. The van der Waals surface area contributed by atoms with Gasteiger partial charge in [-0.2, -0.15) is 13.2 Å². The Morgan fingerprint density at radius 1 is 1.15 bits per heavy atom. The highest BCUT2D eigenvalue weighted by atomic mass is 35.5. The normalized spacial score (nSPS) is 23.4. The summed E-state index contributed by atoms with van der Waals surface area (Å²) in [5.41, 5.74) is 5.08. The summed E-state index contributed by atoms with van der Waals surface area (Å²) in [6.07, 6.45) is -2.84. The summed E-state index contributed by atoms with van der Waals surface area (Å²) < 4.78 is 37.6. The third-order valence-electron chi connectivity index (χ3n) is 3.84. The first kappa shape index (κ1) is 19.8. The molecule has 0 spiro atoms. The third kappa shape index (κ3) is 4.13. The number of piperazine rings is 1. The van der Waals surface area contributed by atoms with Gasteiger partial charge < -0.3 is 10.6 Å². The van der Waals surface area contributed by atoms with Crippen LogP contribution in [0.4, 0.5) is 13.2 Å². The molecule has 0 aromatic heterocycles. The van der Waals surface area contributed by atoms with Crippen molar-refractivity contribution in [2.75, 3.05) is 26.2 Å². The Balaban J connectivity index is 0.00000180. The summed E-state index contributed by atoms with van der Waals surface area (Å²) in [4.78, 5) is 14.9. The number of amides is 1. The summed E-state index contributed by atoms with van der Waals surface area (Å²) in [5.74, 6) is -0.109. The highest BCUT2D eigenvalue weighted by Gasteiger charge is 2.49. The number of carbonyl (C=O) groups is 1. The van der Waals surface area contributed by atoms with Crippen molar-refractivity contribution in [1.29, 1.82) is 0 Å². The van der Waals surface area contributed by atoms with Crippen LogP contribution in [0, 0.1) is 0 Å². The van der Waals surface area contributed by atoms with E-state index in [0.29, 0.717) is 25.9 Å². The molecule has 2 fully saturated rings. The van der Waals surface area contributed by atoms with Crippen molar-refractivity contribution in [2.24, 2.45) is 5.73 Å². The average Bonchev–Trinajstić information content (AvgIpc) is 3.06. The number of nitrogens with zero attached hydrogens (tertiary/aromatic N) is 2. The van der Waals surface area contributed by atoms with Gasteiger partial charge in [-0.3, -0.25) is 9.69 Å². The molecular formula is C11H20Cl2F3N3O. The molecule has 1 unspecified atom stereocenters. The Morgan fingerprint density at radius 3 is 1.95 bits per heavy atom. The topological polar surface area (TPSA) is 49.6 Å². The second-order valence-electron chi connectivity index (χ2n) is 5.20. The molecule has 0 aromatic carbocycles. The van der Waals surface area contributed by atoms with E-state index in [2.05, 4.69) is 0 Å². The number of rotatable bonds is 2. The monoisotopic (exact) mass is 337 g/mol. The Hall–Kier alpha value is -0.240. The van der Waals surface area contributed by atoms with Gasteiger partial charge in [0, 0.05) is 26.2 Å². The van der Waals surface area contributed by atoms with Gasteiger partial charge in [0.2, 0.25) is 5.91 Å². The minimum Gasteiger partial charge on any atom is -0.339 e. The zero-order valence-electron chi connectivity index (χ0n) is 11.2. The number of halogens is 5. The predicted molar refractivity (Wildman–Crippen MR) is 74.3 cm³/mol. The fraction of sp³-hybridized carbons (Fsp3) is 0.909. The third-order valence-corrected chi connectivity index (χ3v) is 3.84. The molecule has 1 amide bonds. The molecule has 20 heavy (non-hydrogen) atoms. The van der Waals surface area contributed by atoms with Crippen molar-refractivity contribution in [2.45, 2.75) is 37.5 Å². The van der Waals surface area contributed by atoms with E-state index in [4.69, 9.17) is 5.73 Å². The molecule has 1 saturated heterocycles. The highest BCUT2D eigenvalue weighted by Crippen LogP contribution is 2.34. The van der Waals surface area contributed by atoms with Crippen molar-refractivity contribution >= 4 is 30.7 Å². The van der Waals surface area contributed by atoms with Crippen molar-refractivity contribution in [1.82, 2.24) is 9.80 Å². The Morgan fingerprint density at radius 2 is 1.60 bits per heavy atom. The molecule has 1 aliphatic heterocycles. The zero-order valence-corrected chi connectivity index (χ0v) is 12.8. The van der Waals surface area contributed by atoms with Crippen molar-refractivity contribution in [3.8, 4) is 0 Å². The van der Waals surface area contributed by atoms with Gasteiger partial charge >= 0.3 is 6.18 Å². The zero-order chi connectivity index (χ0) is 13.6. The van der Waals surface area contributed by atoms with E-state index < -0.39 is 17.8 Å². The Labute approximate surface area is 128 Å². The van der Waals surface area contributed by atoms with Crippen LogP contribution in [-0.4, -0.2) is 59.6 Å². The van der Waals surface area contributed by atoms with Crippen LogP contribution < -0.4 is 5.73 Å². The van der Waals surface area contributed by atoms with Gasteiger partial charge in [-0.15, -0.1) is 24.8 Å². The van der Waals surface area contributed by atoms with E-state index in [9.17, 15) is 18.0 Å². The fourth-order valence-electron chi connectivity index (χ4n) is 2.18. The maximum absolute atomic E-state index is 12.5. The fourth-order valence-corrected chi connectivity index (χ4v) is 2.18. The van der Waals surface area contributed by atoms with Crippen LogP contribution in [0.3, 0.4) is 0 Å². The number of alkyl halides is 3. The van der Waals surface area contributed by atoms with E-state index in [-0.39, 0.29) is 43.8 Å². The molecular weight excluding hydrogens is 318 g/mol. The summed E-state index contributed by atoms with van der Waals surface area (Å²) in [6, 6.07) is -1.46. The average molecular weight is 338 g/mol. The maximum Gasteiger partial charge on any atom is 0.403 e. The molecule has 0 radical (unpaired) electrons. The second-order valence-corrected chi connectivity index (χ2v) is 5.20. The molecule has 1 atom stereocenters. The molecule has 1 saturated carbocycles. The minimum atomic E-state index is -4.21. The maximum atomic E-state index is 12.5. The van der Waals surface area contributed by atoms with Gasteiger partial charge in [0.15, 0.2) is 0 Å². The highest BCUT2D eigenvalue weighted by molar-refractivity contribution is 5.89. The lowest BCUT2D eigenvalue weighted by Gasteiger charge is -2.39. The number of nitrogens with two attached hydrogens (primary N) is 1. The molecule has 120 valence electrons. The van der Waals surface area contributed by atoms with E-state index in [1.165, 1.54) is 4.90 Å². The standard InChI is InChI=1S/C11H18F3N3O.2ClH/c1-8(11(12,13)14)16-4-6-17(7-5-16)9(18)10(15)2-3-10;;/h8H,2-7,15H2,1H3;2*1H. The molecule has 2 N–H and O–H groups in total. The first-order valence-corrected chi connectivity index (χ1v) is 6.13. The molecule has 1 heterocycles. The van der Waals surface area contributed by atoms with Crippen molar-refractivity contribution in [3.05, 3.63) is 0 Å². The molecule has 4 nitrogen and oxygen atoms in total. The molecule has 2 aliphatic rings. The van der Waals surface area contributed by atoms with E-state index in [0.717, 1.165) is 6.92 Å². The minimum absolute atomic E-state index is 0. The smallest absolute Gasteiger partial charge is 0.339 e. The largest absolute Gasteiger partial charge is 0.403 e. The summed E-state index contributed by atoms with van der Waals surface area (Å²) in [7, 11) is 0. The molecule has 2 rings (SSSR count). The van der Waals surface area contributed by atoms with Crippen LogP contribution in [0.25, 0.3) is 0 Å². The molecule has 0 bridgehead atoms. The summed E-state index contributed by atoms with van der Waals surface area (Å²) >= 11 is 0. The van der Waals surface area contributed by atoms with Crippen molar-refractivity contribution < 1.29 is 18.0 Å². The lowest BCUT2D eigenvalue weighted by atomic mass is 10.2. The van der Waals surface area contributed by atoms with Crippen molar-refractivity contribution in [3.63, 3.8) is 0 Å². The van der Waals surface area contributed by atoms with Crippen LogP contribution in [-0.2, 0) is 4.79 Å². The second kappa shape index (κ2) is 6.68. The predicted octanol–water partition coefficient (Wildman–Crippen LogP) is 1.42. The van der Waals surface area contributed by atoms with Gasteiger partial charge in [0.1, 0.15) is 6.04 Å². The first-order chi connectivity index (χ1) is 8.24. The van der Waals surface area contributed by atoms with E-state index >= 15 is 0 Å². The van der Waals surface area contributed by atoms with Crippen LogP contribution in [0.5, 0.6) is 0 Å². The number of hydrogen-bond donors (Lipinski definition) is 1. The van der Waals surface area contributed by atoms with Crippen LogP contribution >= 0.6 is 24.8 Å². The Kier molecular flexibility index (Phi) is 6.60. The van der Waals surface area contributed by atoms with Gasteiger partial charge in [0.05, 0.1) is 5.54 Å². The lowest BCUT2D eigenvalue weighted by Crippen LogP contribution is -2.57. The van der Waals surface area contributed by atoms with Gasteiger partial charge in [-0.05, 0) is 19.8 Å². The number of hydrogen-bond acceptors (Lipinski definition) is 3. The SMILES string of the molecule is CC(N1CCN(C(=O)C2(N)CC2)CC1)C(F)(F)F.Cl.Cl. The first-order valence-electron chi connectivity index (χ1n) is 6.13. The molecule has 1 aliphatic carbocycles. The van der Waals surface area contributed by atoms with Gasteiger partial charge in [-0.25, -0.2) is 0 Å². The summed E-state index contributed by atoms with van der Waals surface area (Å²) in [5, 5.41) is 0. The summed E-state index contributed by atoms with van der Waals surface area (Å²) in [6.45, 7) is 2.32. The van der Waals surface area contributed by atoms with E-state index in [1.54, 1.807) is 4.90 Å². The number of carbonyl (C=O) groups excluding carboxylic acids is 1.